The summed E-state index contributed by atoms with van der Waals surface area (Å²) >= 11 is 0. The first kappa shape index (κ1) is 15.5. The number of hydrogen-bond donors (Lipinski definition) is 1. The molecule has 104 valence electrons. The van der Waals surface area contributed by atoms with E-state index in [0.717, 1.165) is 12.0 Å². The highest BCUT2D eigenvalue weighted by Crippen LogP contribution is 2.15. The van der Waals surface area contributed by atoms with Crippen LogP contribution in [-0.2, 0) is 4.74 Å². The third-order valence-corrected chi connectivity index (χ3v) is 2.71. The number of aliphatic hydroxyl groups excluding tert-OH is 1. The van der Waals surface area contributed by atoms with Crippen LogP contribution in [0.3, 0.4) is 0 Å². The molecule has 1 aromatic heterocycles. The van der Waals surface area contributed by atoms with Gasteiger partial charge in [-0.1, -0.05) is 11.8 Å². The quantitative estimate of drug-likeness (QED) is 0.798. The van der Waals surface area contributed by atoms with Crippen LogP contribution in [0.1, 0.15) is 32.3 Å². The lowest BCUT2D eigenvalue weighted by atomic mass is 10.1. The Labute approximate surface area is 114 Å². The molecule has 0 atom stereocenters. The van der Waals surface area contributed by atoms with Crippen molar-refractivity contribution in [3.8, 4) is 17.6 Å². The molecule has 0 amide bonds. The molecule has 0 aromatic carbocycles. The van der Waals surface area contributed by atoms with E-state index in [4.69, 9.17) is 14.6 Å². The molecule has 1 aromatic rings. The summed E-state index contributed by atoms with van der Waals surface area (Å²) in [5.41, 5.74) is 0.600. The Kier molecular flexibility index (Phi) is 6.34. The Morgan fingerprint density at radius 2 is 2.16 bits per heavy atom. The van der Waals surface area contributed by atoms with Crippen molar-refractivity contribution < 1.29 is 14.6 Å². The second kappa shape index (κ2) is 7.78. The minimum atomic E-state index is -0.189. The van der Waals surface area contributed by atoms with E-state index in [1.54, 1.807) is 19.5 Å². The highest BCUT2D eigenvalue weighted by Gasteiger charge is 2.15. The van der Waals surface area contributed by atoms with E-state index < -0.39 is 0 Å². The molecule has 0 fully saturated rings. The van der Waals surface area contributed by atoms with Gasteiger partial charge in [0.1, 0.15) is 5.75 Å². The van der Waals surface area contributed by atoms with Crippen LogP contribution in [0.2, 0.25) is 0 Å². The maximum atomic E-state index is 8.66. The van der Waals surface area contributed by atoms with E-state index >= 15 is 0 Å². The summed E-state index contributed by atoms with van der Waals surface area (Å²) in [6, 6.07) is 1.84. The minimum Gasteiger partial charge on any atom is -0.492 e. The van der Waals surface area contributed by atoms with Crippen molar-refractivity contribution in [1.82, 2.24) is 4.98 Å². The number of nitrogens with zero attached hydrogens (tertiary/aromatic N) is 1. The van der Waals surface area contributed by atoms with Gasteiger partial charge >= 0.3 is 0 Å². The maximum absolute atomic E-state index is 8.66. The molecule has 4 nitrogen and oxygen atoms in total. The fourth-order valence-corrected chi connectivity index (χ4v) is 1.30. The van der Waals surface area contributed by atoms with Crippen molar-refractivity contribution in [3.63, 3.8) is 0 Å². The van der Waals surface area contributed by atoms with Crippen molar-refractivity contribution in [2.24, 2.45) is 0 Å². The highest BCUT2D eigenvalue weighted by atomic mass is 16.5. The van der Waals surface area contributed by atoms with Crippen LogP contribution in [-0.4, -0.2) is 36.0 Å². The molecule has 1 rings (SSSR count). The summed E-state index contributed by atoms with van der Waals surface area (Å²) in [6.45, 7) is 4.68. The van der Waals surface area contributed by atoms with Gasteiger partial charge in [0.2, 0.25) is 0 Å². The third kappa shape index (κ3) is 6.23. The van der Waals surface area contributed by atoms with E-state index in [0.29, 0.717) is 18.8 Å². The van der Waals surface area contributed by atoms with Gasteiger partial charge in [0, 0.05) is 31.7 Å². The van der Waals surface area contributed by atoms with Crippen molar-refractivity contribution in [1.29, 1.82) is 0 Å². The van der Waals surface area contributed by atoms with E-state index in [-0.39, 0.29) is 12.2 Å². The lowest BCUT2D eigenvalue weighted by molar-refractivity contribution is 0.00543. The summed E-state index contributed by atoms with van der Waals surface area (Å²) in [5.74, 6) is 6.48. The number of pyridine rings is 1. The molecule has 0 aliphatic carbocycles. The zero-order valence-corrected chi connectivity index (χ0v) is 11.8. The van der Waals surface area contributed by atoms with Gasteiger partial charge in [-0.3, -0.25) is 4.98 Å². The Morgan fingerprint density at radius 1 is 1.37 bits per heavy atom. The van der Waals surface area contributed by atoms with Gasteiger partial charge in [-0.15, -0.1) is 0 Å². The van der Waals surface area contributed by atoms with Crippen LogP contribution in [0.5, 0.6) is 5.75 Å². The lowest BCUT2D eigenvalue weighted by Crippen LogP contribution is -2.25. The number of aliphatic hydroxyl groups is 1. The summed E-state index contributed by atoms with van der Waals surface area (Å²) in [4.78, 5) is 4.08. The maximum Gasteiger partial charge on any atom is 0.138 e. The number of hydrogen-bond acceptors (Lipinski definition) is 4. The van der Waals surface area contributed by atoms with Crippen LogP contribution in [0.4, 0.5) is 0 Å². The molecule has 0 spiro atoms. The summed E-state index contributed by atoms with van der Waals surface area (Å²) in [5, 5.41) is 8.66. The minimum absolute atomic E-state index is 0.0721. The number of rotatable bonds is 6. The fourth-order valence-electron chi connectivity index (χ4n) is 1.30. The van der Waals surface area contributed by atoms with Gasteiger partial charge in [0.05, 0.1) is 25.0 Å². The summed E-state index contributed by atoms with van der Waals surface area (Å²) in [6.07, 6.45) is 4.60. The van der Waals surface area contributed by atoms with Gasteiger partial charge in [-0.25, -0.2) is 0 Å². The van der Waals surface area contributed by atoms with Gasteiger partial charge in [0.25, 0.3) is 0 Å². The first-order chi connectivity index (χ1) is 9.07. The predicted octanol–water partition coefficient (Wildman–Crippen LogP) is 2.01. The van der Waals surface area contributed by atoms with Crippen molar-refractivity contribution in [3.05, 3.63) is 24.0 Å². The van der Waals surface area contributed by atoms with Crippen molar-refractivity contribution in [2.75, 3.05) is 20.3 Å². The normalized spacial score (nSPS) is 10.7. The van der Waals surface area contributed by atoms with Crippen LogP contribution in [0, 0.1) is 11.8 Å². The SMILES string of the molecule is COC(C)(C)CCOc1cncc(C#CCCO)c1. The zero-order chi connectivity index (χ0) is 14.1. The van der Waals surface area contributed by atoms with Crippen LogP contribution in [0.15, 0.2) is 18.5 Å². The lowest BCUT2D eigenvalue weighted by Gasteiger charge is -2.22. The fraction of sp³-hybridized carbons (Fsp3) is 0.533. The van der Waals surface area contributed by atoms with Crippen molar-refractivity contribution >= 4 is 0 Å². The highest BCUT2D eigenvalue weighted by molar-refractivity contribution is 5.36. The van der Waals surface area contributed by atoms with Crippen molar-refractivity contribution in [2.45, 2.75) is 32.3 Å². The predicted molar refractivity (Wildman–Crippen MR) is 74.0 cm³/mol. The molecule has 0 saturated carbocycles. The van der Waals surface area contributed by atoms with E-state index in [9.17, 15) is 0 Å². The van der Waals surface area contributed by atoms with Gasteiger partial charge < -0.3 is 14.6 Å². The Balaban J connectivity index is 2.51. The molecule has 0 bridgehead atoms. The van der Waals surface area contributed by atoms with Crippen LogP contribution in [0.25, 0.3) is 0 Å². The van der Waals surface area contributed by atoms with Gasteiger partial charge in [-0.05, 0) is 19.9 Å². The molecule has 0 aliphatic heterocycles. The summed E-state index contributed by atoms with van der Waals surface area (Å²) in [7, 11) is 1.69. The molecule has 0 saturated heterocycles. The molecule has 0 aliphatic rings. The molecule has 4 heteroatoms. The first-order valence-corrected chi connectivity index (χ1v) is 6.30. The Bertz CT molecular complexity index is 446. The van der Waals surface area contributed by atoms with Gasteiger partial charge in [-0.2, -0.15) is 0 Å². The molecule has 1 N–H and O–H groups in total. The molecule has 1 heterocycles. The topological polar surface area (TPSA) is 51.6 Å². The first-order valence-electron chi connectivity index (χ1n) is 6.30. The Hall–Kier alpha value is -1.57. The monoisotopic (exact) mass is 263 g/mol. The molecular weight excluding hydrogens is 242 g/mol. The average Bonchev–Trinajstić information content (AvgIpc) is 2.39. The van der Waals surface area contributed by atoms with Crippen LogP contribution >= 0.6 is 0 Å². The van der Waals surface area contributed by atoms with Crippen LogP contribution < -0.4 is 4.74 Å². The second-order valence-electron chi connectivity index (χ2n) is 4.75. The van der Waals surface area contributed by atoms with Gasteiger partial charge in [0.15, 0.2) is 0 Å². The van der Waals surface area contributed by atoms with E-state index in [1.165, 1.54) is 0 Å². The Morgan fingerprint density at radius 3 is 2.84 bits per heavy atom. The molecule has 0 unspecified atom stereocenters. The third-order valence-electron chi connectivity index (χ3n) is 2.71. The smallest absolute Gasteiger partial charge is 0.138 e. The molecular formula is C15H21NO3. The molecule has 19 heavy (non-hydrogen) atoms. The van der Waals surface area contributed by atoms with E-state index in [1.807, 2.05) is 19.9 Å². The number of methoxy groups -OCH3 is 1. The second-order valence-corrected chi connectivity index (χ2v) is 4.75. The molecule has 0 radical (unpaired) electrons. The largest absolute Gasteiger partial charge is 0.492 e. The standard InChI is InChI=1S/C15H21NO3/c1-15(2,18-3)7-9-19-14-10-13(11-16-12-14)6-4-5-8-17/h10-12,17H,5,7-9H2,1-3H3. The zero-order valence-electron chi connectivity index (χ0n) is 11.8. The van der Waals surface area contributed by atoms with E-state index in [2.05, 4.69) is 16.8 Å². The summed E-state index contributed by atoms with van der Waals surface area (Å²) < 4.78 is 11.0. The number of ether oxygens (including phenoxy) is 2. The average molecular weight is 263 g/mol. The number of aromatic nitrogens is 1.